The largest absolute Gasteiger partial charge is 0.300 e. The second-order valence-corrected chi connectivity index (χ2v) is 8.36. The first-order valence-corrected chi connectivity index (χ1v) is 10.9. The minimum absolute atomic E-state index is 0.0129. The molecule has 0 bridgehead atoms. The molecule has 4 amide bonds. The lowest BCUT2D eigenvalue weighted by atomic mass is 10.1. The molecule has 3 aromatic rings. The van der Waals surface area contributed by atoms with Crippen LogP contribution in [0.1, 0.15) is 47.0 Å². The minimum Gasteiger partial charge on any atom is -0.300 e. The van der Waals surface area contributed by atoms with E-state index >= 15 is 0 Å². The molecule has 0 fully saturated rings. The van der Waals surface area contributed by atoms with E-state index in [9.17, 15) is 23.6 Å². The average molecular weight is 458 g/mol. The predicted molar refractivity (Wildman–Crippen MR) is 120 cm³/mol. The summed E-state index contributed by atoms with van der Waals surface area (Å²) in [6.45, 7) is 0.383. The second kappa shape index (κ2) is 8.64. The van der Waals surface area contributed by atoms with Crippen LogP contribution in [0.3, 0.4) is 0 Å². The molecular weight excluding hydrogens is 437 g/mol. The number of fused-ring (bicyclic) bond motifs is 2. The number of quaternary nitrogens is 1. The number of rotatable bonds is 7. The van der Waals surface area contributed by atoms with Gasteiger partial charge in [0.25, 0.3) is 23.6 Å². The molecule has 0 spiro atoms. The van der Waals surface area contributed by atoms with Crippen molar-refractivity contribution in [2.24, 2.45) is 0 Å². The molecule has 0 atom stereocenters. The van der Waals surface area contributed by atoms with Gasteiger partial charge in [0, 0.05) is 6.42 Å². The summed E-state index contributed by atoms with van der Waals surface area (Å²) in [5, 5.41) is 0. The third-order valence-corrected chi connectivity index (χ3v) is 6.20. The van der Waals surface area contributed by atoms with Crippen LogP contribution in [0.2, 0.25) is 0 Å². The molecule has 0 saturated carbocycles. The number of carbonyl (C=O) groups is 4. The SMILES string of the molecule is O=C1c2ccccc2C(=O)N1C[NH+](CCc1ccc(F)cc1)CN1C(=O)c2ccccc2C1=O. The van der Waals surface area contributed by atoms with Gasteiger partial charge in [-0.1, -0.05) is 36.4 Å². The van der Waals surface area contributed by atoms with E-state index in [1.807, 2.05) is 0 Å². The quantitative estimate of drug-likeness (QED) is 0.548. The summed E-state index contributed by atoms with van der Waals surface area (Å²) in [6, 6.07) is 19.3. The van der Waals surface area contributed by atoms with Crippen molar-refractivity contribution in [2.45, 2.75) is 6.42 Å². The first-order chi connectivity index (χ1) is 16.4. The van der Waals surface area contributed by atoms with Crippen molar-refractivity contribution < 1.29 is 28.5 Å². The summed E-state index contributed by atoms with van der Waals surface area (Å²) >= 11 is 0. The molecule has 3 aromatic carbocycles. The summed E-state index contributed by atoms with van der Waals surface area (Å²) in [4.78, 5) is 54.6. The zero-order chi connectivity index (χ0) is 23.8. The third-order valence-electron chi connectivity index (χ3n) is 6.20. The van der Waals surface area contributed by atoms with Crippen molar-refractivity contribution in [3.05, 3.63) is 106 Å². The summed E-state index contributed by atoms with van der Waals surface area (Å²) in [5.41, 5.74) is 2.22. The maximum absolute atomic E-state index is 13.3. The molecule has 5 rings (SSSR count). The molecule has 34 heavy (non-hydrogen) atoms. The number of nitrogens with one attached hydrogen (secondary N) is 1. The van der Waals surface area contributed by atoms with Gasteiger partial charge in [0.2, 0.25) is 0 Å². The Kier molecular flexibility index (Phi) is 5.51. The maximum Gasteiger partial charge on any atom is 0.265 e. The van der Waals surface area contributed by atoms with E-state index < -0.39 is 23.6 Å². The molecule has 2 aliphatic rings. The molecule has 7 nitrogen and oxygen atoms in total. The van der Waals surface area contributed by atoms with E-state index in [0.29, 0.717) is 40.1 Å². The number of amides is 4. The van der Waals surface area contributed by atoms with Gasteiger partial charge in [-0.05, 0) is 42.0 Å². The van der Waals surface area contributed by atoms with Crippen LogP contribution in [-0.2, 0) is 6.42 Å². The molecule has 0 radical (unpaired) electrons. The number of benzene rings is 3. The minimum atomic E-state index is -0.401. The lowest BCUT2D eigenvalue weighted by Crippen LogP contribution is -3.15. The first kappa shape index (κ1) is 21.7. The van der Waals surface area contributed by atoms with Gasteiger partial charge in [-0.15, -0.1) is 0 Å². The lowest BCUT2D eigenvalue weighted by molar-refractivity contribution is -0.914. The number of halogens is 1. The highest BCUT2D eigenvalue weighted by Crippen LogP contribution is 2.22. The molecule has 0 saturated heterocycles. The van der Waals surface area contributed by atoms with Crippen LogP contribution >= 0.6 is 0 Å². The summed E-state index contributed by atoms with van der Waals surface area (Å²) < 4.78 is 13.3. The van der Waals surface area contributed by atoms with Crippen LogP contribution in [0.5, 0.6) is 0 Å². The van der Waals surface area contributed by atoms with E-state index in [1.165, 1.54) is 12.1 Å². The van der Waals surface area contributed by atoms with Crippen LogP contribution in [0.25, 0.3) is 0 Å². The maximum atomic E-state index is 13.3. The number of carbonyl (C=O) groups excluding carboxylic acids is 4. The summed E-state index contributed by atoms with van der Waals surface area (Å²) in [7, 11) is 0. The molecule has 2 heterocycles. The molecule has 0 aromatic heterocycles. The molecule has 2 aliphatic heterocycles. The highest BCUT2D eigenvalue weighted by molar-refractivity contribution is 6.22. The molecule has 8 heteroatoms. The van der Waals surface area contributed by atoms with E-state index in [-0.39, 0.29) is 19.2 Å². The van der Waals surface area contributed by atoms with Gasteiger partial charge < -0.3 is 0 Å². The van der Waals surface area contributed by atoms with E-state index in [4.69, 9.17) is 0 Å². The molecule has 1 N–H and O–H groups in total. The van der Waals surface area contributed by atoms with Gasteiger partial charge in [0.1, 0.15) is 5.82 Å². The fourth-order valence-electron chi connectivity index (χ4n) is 4.39. The smallest absolute Gasteiger partial charge is 0.265 e. The van der Waals surface area contributed by atoms with Crippen molar-refractivity contribution >= 4 is 23.6 Å². The Bertz CT molecular complexity index is 1170. The summed E-state index contributed by atoms with van der Waals surface area (Å²) in [6.07, 6.45) is 0.502. The van der Waals surface area contributed by atoms with Crippen LogP contribution in [0.4, 0.5) is 4.39 Å². The van der Waals surface area contributed by atoms with Gasteiger partial charge in [-0.25, -0.2) is 14.2 Å². The molecule has 170 valence electrons. The number of imide groups is 2. The van der Waals surface area contributed by atoms with Crippen molar-refractivity contribution in [3.8, 4) is 0 Å². The van der Waals surface area contributed by atoms with Crippen molar-refractivity contribution in [2.75, 3.05) is 19.9 Å². The summed E-state index contributed by atoms with van der Waals surface area (Å²) in [5.74, 6) is -1.95. The van der Waals surface area contributed by atoms with E-state index in [2.05, 4.69) is 0 Å². The average Bonchev–Trinajstić information content (AvgIpc) is 3.24. The Labute approximate surface area is 195 Å². The van der Waals surface area contributed by atoms with E-state index in [1.54, 1.807) is 60.7 Å². The van der Waals surface area contributed by atoms with Gasteiger partial charge in [0.05, 0.1) is 28.8 Å². The van der Waals surface area contributed by atoms with Crippen molar-refractivity contribution in [1.29, 1.82) is 0 Å². The number of nitrogens with zero attached hydrogens (tertiary/aromatic N) is 2. The van der Waals surface area contributed by atoms with Crippen LogP contribution in [-0.4, -0.2) is 53.3 Å². The Hall–Kier alpha value is -4.17. The topological polar surface area (TPSA) is 79.2 Å². The number of hydrogen-bond donors (Lipinski definition) is 1. The highest BCUT2D eigenvalue weighted by atomic mass is 19.1. The van der Waals surface area contributed by atoms with E-state index in [0.717, 1.165) is 15.4 Å². The molecule has 0 aliphatic carbocycles. The van der Waals surface area contributed by atoms with Crippen LogP contribution < -0.4 is 4.90 Å². The van der Waals surface area contributed by atoms with Gasteiger partial charge in [-0.3, -0.25) is 24.1 Å². The van der Waals surface area contributed by atoms with Crippen LogP contribution in [0, 0.1) is 5.82 Å². The Balaban J connectivity index is 1.38. The van der Waals surface area contributed by atoms with Crippen molar-refractivity contribution in [3.63, 3.8) is 0 Å². The first-order valence-electron chi connectivity index (χ1n) is 10.9. The fraction of sp³-hybridized carbons (Fsp3) is 0.154. The predicted octanol–water partition coefficient (Wildman–Crippen LogP) is 1.76. The normalized spacial score (nSPS) is 14.9. The van der Waals surface area contributed by atoms with Crippen molar-refractivity contribution in [1.82, 2.24) is 9.80 Å². The Morgan fingerprint density at radius 3 is 1.35 bits per heavy atom. The highest BCUT2D eigenvalue weighted by Gasteiger charge is 2.41. The zero-order valence-corrected chi connectivity index (χ0v) is 18.2. The molecule has 0 unspecified atom stereocenters. The standard InChI is InChI=1S/C26H20FN3O4/c27-18-11-9-17(10-12-18)13-14-28(15-29-23(31)19-5-1-2-6-20(19)24(29)32)16-30-25(33)21-7-3-4-8-22(21)26(30)34/h1-12H,13-16H2/p+1. The fourth-order valence-corrected chi connectivity index (χ4v) is 4.39. The third kappa shape index (κ3) is 3.78. The van der Waals surface area contributed by atoms with Gasteiger partial charge >= 0.3 is 0 Å². The van der Waals surface area contributed by atoms with Gasteiger partial charge in [0.15, 0.2) is 13.3 Å². The molecular formula is C26H21FN3O4+. The monoisotopic (exact) mass is 458 g/mol. The Morgan fingerprint density at radius 2 is 0.971 bits per heavy atom. The lowest BCUT2D eigenvalue weighted by Gasteiger charge is -2.27. The second-order valence-electron chi connectivity index (χ2n) is 8.36. The number of hydrogen-bond acceptors (Lipinski definition) is 4. The zero-order valence-electron chi connectivity index (χ0n) is 18.2. The Morgan fingerprint density at radius 1 is 0.588 bits per heavy atom. The van der Waals surface area contributed by atoms with Gasteiger partial charge in [-0.2, -0.15) is 0 Å². The van der Waals surface area contributed by atoms with Crippen LogP contribution in [0.15, 0.2) is 72.8 Å².